The van der Waals surface area contributed by atoms with Gasteiger partial charge in [0.05, 0.1) is 6.10 Å². The highest BCUT2D eigenvalue weighted by molar-refractivity contribution is 7.99. The Bertz CT molecular complexity index is 130. The van der Waals surface area contributed by atoms with E-state index in [0.717, 1.165) is 19.1 Å². The maximum absolute atomic E-state index is 9.10. The van der Waals surface area contributed by atoms with Crippen LogP contribution < -0.4 is 0 Å². The van der Waals surface area contributed by atoms with Gasteiger partial charge in [0.25, 0.3) is 0 Å². The SMILES string of the molecule is OC1CN(C2CCCSC2)C1. The minimum absolute atomic E-state index is 0.0260. The Morgan fingerprint density at radius 1 is 1.36 bits per heavy atom. The van der Waals surface area contributed by atoms with Crippen molar-refractivity contribution in [1.82, 2.24) is 4.90 Å². The second-order valence-electron chi connectivity index (χ2n) is 3.48. The minimum Gasteiger partial charge on any atom is -0.390 e. The molecule has 1 unspecified atom stereocenters. The summed E-state index contributed by atoms with van der Waals surface area (Å²) in [6.07, 6.45) is 2.68. The summed E-state index contributed by atoms with van der Waals surface area (Å²) < 4.78 is 0. The standard InChI is InChI=1S/C8H15NOS/c10-8-4-9(5-8)7-2-1-3-11-6-7/h7-8,10H,1-6H2. The van der Waals surface area contributed by atoms with E-state index in [1.54, 1.807) is 0 Å². The van der Waals surface area contributed by atoms with E-state index < -0.39 is 0 Å². The van der Waals surface area contributed by atoms with E-state index >= 15 is 0 Å². The summed E-state index contributed by atoms with van der Waals surface area (Å²) in [6.45, 7) is 1.84. The summed E-state index contributed by atoms with van der Waals surface area (Å²) in [5.41, 5.74) is 0. The van der Waals surface area contributed by atoms with Gasteiger partial charge in [-0.05, 0) is 18.6 Å². The summed E-state index contributed by atoms with van der Waals surface area (Å²) in [5.74, 6) is 2.62. The van der Waals surface area contributed by atoms with Crippen LogP contribution in [0.25, 0.3) is 0 Å². The number of aliphatic hydroxyl groups is 1. The van der Waals surface area contributed by atoms with E-state index in [2.05, 4.69) is 16.7 Å². The second-order valence-corrected chi connectivity index (χ2v) is 4.63. The molecule has 0 saturated carbocycles. The first-order chi connectivity index (χ1) is 5.36. The van der Waals surface area contributed by atoms with E-state index in [9.17, 15) is 0 Å². The average molecular weight is 173 g/mol. The number of rotatable bonds is 1. The molecule has 0 amide bonds. The van der Waals surface area contributed by atoms with Crippen LogP contribution in [-0.2, 0) is 0 Å². The van der Waals surface area contributed by atoms with Gasteiger partial charge in [0, 0.05) is 24.9 Å². The summed E-state index contributed by atoms with van der Waals surface area (Å²) in [6, 6.07) is 0.775. The fraction of sp³-hybridized carbons (Fsp3) is 1.00. The Balaban J connectivity index is 1.76. The molecule has 2 saturated heterocycles. The number of hydrogen-bond acceptors (Lipinski definition) is 3. The van der Waals surface area contributed by atoms with Crippen molar-refractivity contribution < 1.29 is 5.11 Å². The first kappa shape index (κ1) is 7.90. The number of hydrogen-bond donors (Lipinski definition) is 1. The minimum atomic E-state index is -0.0260. The van der Waals surface area contributed by atoms with E-state index in [0.29, 0.717) is 0 Å². The molecule has 3 heteroatoms. The monoisotopic (exact) mass is 173 g/mol. The number of likely N-dealkylation sites (tertiary alicyclic amines) is 1. The Labute approximate surface area is 72.0 Å². The van der Waals surface area contributed by atoms with E-state index in [1.807, 2.05) is 0 Å². The third-order valence-corrected chi connectivity index (χ3v) is 3.74. The molecule has 1 atom stereocenters. The van der Waals surface area contributed by atoms with Crippen LogP contribution in [0.1, 0.15) is 12.8 Å². The van der Waals surface area contributed by atoms with Crippen LogP contribution in [0, 0.1) is 0 Å². The largest absolute Gasteiger partial charge is 0.390 e. The smallest absolute Gasteiger partial charge is 0.0794 e. The van der Waals surface area contributed by atoms with Crippen molar-refractivity contribution in [1.29, 1.82) is 0 Å². The van der Waals surface area contributed by atoms with Gasteiger partial charge < -0.3 is 5.11 Å². The molecule has 2 heterocycles. The van der Waals surface area contributed by atoms with Crippen molar-refractivity contribution >= 4 is 11.8 Å². The van der Waals surface area contributed by atoms with Crippen LogP contribution in [-0.4, -0.2) is 46.7 Å². The molecule has 2 nitrogen and oxygen atoms in total. The normalized spacial score (nSPS) is 35.2. The topological polar surface area (TPSA) is 23.5 Å². The Hall–Kier alpha value is 0.270. The molecule has 2 aliphatic rings. The highest BCUT2D eigenvalue weighted by atomic mass is 32.2. The van der Waals surface area contributed by atoms with Crippen molar-refractivity contribution in [2.75, 3.05) is 24.6 Å². The van der Waals surface area contributed by atoms with Gasteiger partial charge in [-0.2, -0.15) is 11.8 Å². The van der Waals surface area contributed by atoms with Gasteiger partial charge in [0.2, 0.25) is 0 Å². The van der Waals surface area contributed by atoms with Crippen molar-refractivity contribution in [3.8, 4) is 0 Å². The van der Waals surface area contributed by atoms with Crippen LogP contribution in [0.5, 0.6) is 0 Å². The van der Waals surface area contributed by atoms with Crippen molar-refractivity contribution in [2.24, 2.45) is 0 Å². The summed E-state index contributed by atoms with van der Waals surface area (Å²) >= 11 is 2.06. The first-order valence-corrected chi connectivity index (χ1v) is 5.51. The molecule has 0 radical (unpaired) electrons. The zero-order valence-corrected chi connectivity index (χ0v) is 7.52. The lowest BCUT2D eigenvalue weighted by Crippen LogP contribution is -2.56. The molecule has 0 bridgehead atoms. The molecule has 1 N–H and O–H groups in total. The Kier molecular flexibility index (Phi) is 2.39. The van der Waals surface area contributed by atoms with Crippen LogP contribution in [0.4, 0.5) is 0 Å². The molecule has 2 fully saturated rings. The fourth-order valence-corrected chi connectivity index (χ4v) is 2.98. The van der Waals surface area contributed by atoms with Crippen molar-refractivity contribution in [3.05, 3.63) is 0 Å². The molecule has 0 spiro atoms. The summed E-state index contributed by atoms with van der Waals surface area (Å²) in [5, 5.41) is 9.10. The van der Waals surface area contributed by atoms with Crippen LogP contribution in [0.3, 0.4) is 0 Å². The van der Waals surface area contributed by atoms with Crippen LogP contribution >= 0.6 is 11.8 Å². The molecule has 2 aliphatic heterocycles. The molecule has 64 valence electrons. The second kappa shape index (κ2) is 3.33. The number of aliphatic hydroxyl groups excluding tert-OH is 1. The molecule has 0 aromatic heterocycles. The quantitative estimate of drug-likeness (QED) is 0.627. The van der Waals surface area contributed by atoms with Gasteiger partial charge in [0.15, 0.2) is 0 Å². The van der Waals surface area contributed by atoms with Crippen molar-refractivity contribution in [3.63, 3.8) is 0 Å². The summed E-state index contributed by atoms with van der Waals surface area (Å²) in [7, 11) is 0. The molecular weight excluding hydrogens is 158 g/mol. The molecular formula is C8H15NOS. The zero-order chi connectivity index (χ0) is 7.68. The predicted octanol–water partition coefficient (Wildman–Crippen LogP) is 0.559. The van der Waals surface area contributed by atoms with Gasteiger partial charge in [-0.1, -0.05) is 0 Å². The Morgan fingerprint density at radius 2 is 2.18 bits per heavy atom. The predicted molar refractivity (Wildman–Crippen MR) is 47.9 cm³/mol. The van der Waals surface area contributed by atoms with Gasteiger partial charge in [-0.3, -0.25) is 4.90 Å². The van der Waals surface area contributed by atoms with Gasteiger partial charge in [-0.25, -0.2) is 0 Å². The van der Waals surface area contributed by atoms with Gasteiger partial charge in [0.1, 0.15) is 0 Å². The fourth-order valence-electron chi connectivity index (χ4n) is 1.80. The Morgan fingerprint density at radius 3 is 2.73 bits per heavy atom. The lowest BCUT2D eigenvalue weighted by molar-refractivity contribution is -0.0216. The summed E-state index contributed by atoms with van der Waals surface area (Å²) in [4.78, 5) is 2.41. The van der Waals surface area contributed by atoms with E-state index in [1.165, 1.54) is 24.3 Å². The third-order valence-electron chi connectivity index (χ3n) is 2.54. The molecule has 0 aliphatic carbocycles. The van der Waals surface area contributed by atoms with Crippen molar-refractivity contribution in [2.45, 2.75) is 25.0 Å². The number of β-amino-alcohol motifs (C(OH)–C–C–N with tert-alkyl or cyclic N) is 1. The van der Waals surface area contributed by atoms with Gasteiger partial charge in [-0.15, -0.1) is 0 Å². The maximum atomic E-state index is 9.10. The van der Waals surface area contributed by atoms with Gasteiger partial charge >= 0.3 is 0 Å². The lowest BCUT2D eigenvalue weighted by atomic mass is 10.1. The maximum Gasteiger partial charge on any atom is 0.0794 e. The first-order valence-electron chi connectivity index (χ1n) is 4.36. The zero-order valence-electron chi connectivity index (χ0n) is 6.70. The third kappa shape index (κ3) is 1.71. The van der Waals surface area contributed by atoms with E-state index in [4.69, 9.17) is 5.11 Å². The molecule has 0 aromatic carbocycles. The van der Waals surface area contributed by atoms with Crippen LogP contribution in [0.15, 0.2) is 0 Å². The molecule has 0 aromatic rings. The van der Waals surface area contributed by atoms with Crippen LogP contribution in [0.2, 0.25) is 0 Å². The molecule has 2 rings (SSSR count). The van der Waals surface area contributed by atoms with E-state index in [-0.39, 0.29) is 6.10 Å². The molecule has 11 heavy (non-hydrogen) atoms. The number of thioether (sulfide) groups is 1. The number of nitrogens with zero attached hydrogens (tertiary/aromatic N) is 1. The highest BCUT2D eigenvalue weighted by Gasteiger charge is 2.31. The lowest BCUT2D eigenvalue weighted by Gasteiger charge is -2.43. The highest BCUT2D eigenvalue weighted by Crippen LogP contribution is 2.24. The average Bonchev–Trinajstić information content (AvgIpc) is 2.01.